The van der Waals surface area contributed by atoms with Crippen molar-refractivity contribution in [2.45, 2.75) is 77.2 Å². The summed E-state index contributed by atoms with van der Waals surface area (Å²) in [7, 11) is -3.20. The van der Waals surface area contributed by atoms with Crippen molar-refractivity contribution < 1.29 is 8.42 Å². The van der Waals surface area contributed by atoms with E-state index < -0.39 is 9.84 Å². The summed E-state index contributed by atoms with van der Waals surface area (Å²) in [5.74, 6) is 1.51. The van der Waals surface area contributed by atoms with Crippen LogP contribution in [-0.2, 0) is 9.84 Å². The van der Waals surface area contributed by atoms with Gasteiger partial charge in [0, 0.05) is 6.04 Å². The van der Waals surface area contributed by atoms with E-state index in [2.05, 4.69) is 11.8 Å². The molecule has 146 valence electrons. The molecule has 0 spiro atoms. The Balaban J connectivity index is 1.60. The average Bonchev–Trinajstić information content (AvgIpc) is 2.54. The second-order valence-corrected chi connectivity index (χ2v) is 10.9. The van der Waals surface area contributed by atoms with Crippen molar-refractivity contribution in [1.82, 2.24) is 4.90 Å². The maximum absolute atomic E-state index is 13.1. The van der Waals surface area contributed by atoms with Gasteiger partial charge in [-0.3, -0.25) is 0 Å². The number of sulfone groups is 1. The van der Waals surface area contributed by atoms with Crippen molar-refractivity contribution >= 4 is 9.84 Å². The van der Waals surface area contributed by atoms with E-state index in [4.69, 9.17) is 0 Å². The molecule has 0 radical (unpaired) electrons. The van der Waals surface area contributed by atoms with Gasteiger partial charge >= 0.3 is 0 Å². The summed E-state index contributed by atoms with van der Waals surface area (Å²) in [6.07, 6.45) is 7.08. The molecule has 3 nitrogen and oxygen atoms in total. The number of hydrogen-bond donors (Lipinski definition) is 0. The van der Waals surface area contributed by atoms with Crippen LogP contribution in [0.3, 0.4) is 0 Å². The van der Waals surface area contributed by atoms with Gasteiger partial charge in [-0.2, -0.15) is 0 Å². The molecule has 1 aliphatic heterocycles. The first-order chi connectivity index (χ1) is 12.3. The molecule has 0 N–H and O–H groups in total. The number of benzene rings is 1. The first kappa shape index (κ1) is 19.9. The zero-order valence-electron chi connectivity index (χ0n) is 16.9. The standard InChI is InChI=1S/C22H35NO2S/c1-16-9-11-23(12-10-16)21-7-5-20(6-8-21)15-26(24,25)22-18(3)13-17(2)14-19(22)4/h13-14,16,20-21H,5-12,15H2,1-4H3. The van der Waals surface area contributed by atoms with Crippen molar-refractivity contribution in [2.75, 3.05) is 18.8 Å². The normalized spacial score (nSPS) is 26.2. The Morgan fingerprint density at radius 3 is 2.00 bits per heavy atom. The Morgan fingerprint density at radius 1 is 0.923 bits per heavy atom. The molecule has 1 aromatic carbocycles. The van der Waals surface area contributed by atoms with Crippen molar-refractivity contribution in [3.8, 4) is 0 Å². The Bertz CT molecular complexity index is 702. The first-order valence-electron chi connectivity index (χ1n) is 10.3. The lowest BCUT2D eigenvalue weighted by atomic mass is 9.85. The molecule has 2 aliphatic rings. The van der Waals surface area contributed by atoms with Gasteiger partial charge in [-0.25, -0.2) is 8.42 Å². The number of hydrogen-bond acceptors (Lipinski definition) is 3. The smallest absolute Gasteiger partial charge is 0.179 e. The molecule has 4 heteroatoms. The largest absolute Gasteiger partial charge is 0.300 e. The lowest BCUT2D eigenvalue weighted by Crippen LogP contribution is -2.43. The van der Waals surface area contributed by atoms with Gasteiger partial charge in [0.25, 0.3) is 0 Å². The highest BCUT2D eigenvalue weighted by atomic mass is 32.2. The summed E-state index contributed by atoms with van der Waals surface area (Å²) in [5, 5.41) is 0. The summed E-state index contributed by atoms with van der Waals surface area (Å²) >= 11 is 0. The molecule has 0 atom stereocenters. The number of rotatable bonds is 4. The summed E-state index contributed by atoms with van der Waals surface area (Å²) < 4.78 is 26.1. The van der Waals surface area contributed by atoms with Gasteiger partial charge in [-0.05, 0) is 95.3 Å². The minimum absolute atomic E-state index is 0.320. The predicted octanol–water partition coefficient (Wildman–Crippen LogP) is 4.68. The van der Waals surface area contributed by atoms with Crippen LogP contribution >= 0.6 is 0 Å². The average molecular weight is 378 g/mol. The quantitative estimate of drug-likeness (QED) is 0.765. The lowest BCUT2D eigenvalue weighted by Gasteiger charge is -2.40. The molecule has 0 aromatic heterocycles. The van der Waals surface area contributed by atoms with Gasteiger partial charge in [0.05, 0.1) is 10.6 Å². The van der Waals surface area contributed by atoms with Gasteiger partial charge in [0.2, 0.25) is 0 Å². The van der Waals surface area contributed by atoms with Gasteiger partial charge in [0.15, 0.2) is 9.84 Å². The third-order valence-corrected chi connectivity index (χ3v) is 8.70. The highest BCUT2D eigenvalue weighted by Gasteiger charge is 2.31. The summed E-state index contributed by atoms with van der Waals surface area (Å²) in [5.41, 5.74) is 2.94. The fraction of sp³-hybridized carbons (Fsp3) is 0.727. The van der Waals surface area contributed by atoms with Crippen LogP contribution in [0.2, 0.25) is 0 Å². The van der Waals surface area contributed by atoms with E-state index in [1.165, 1.54) is 38.8 Å². The number of piperidine rings is 1. The molecule has 3 rings (SSSR count). The molecule has 1 heterocycles. The summed E-state index contributed by atoms with van der Waals surface area (Å²) in [4.78, 5) is 3.24. The van der Waals surface area contributed by atoms with E-state index in [0.29, 0.717) is 22.6 Å². The molecule has 0 unspecified atom stereocenters. The van der Waals surface area contributed by atoms with Crippen LogP contribution < -0.4 is 0 Å². The van der Waals surface area contributed by atoms with E-state index in [-0.39, 0.29) is 0 Å². The second-order valence-electron chi connectivity index (χ2n) is 8.90. The van der Waals surface area contributed by atoms with Crippen LogP contribution in [-0.4, -0.2) is 38.2 Å². The van der Waals surface area contributed by atoms with Gasteiger partial charge in [0.1, 0.15) is 0 Å². The lowest BCUT2D eigenvalue weighted by molar-refractivity contribution is 0.101. The van der Waals surface area contributed by atoms with Crippen LogP contribution in [0, 0.1) is 32.6 Å². The molecular weight excluding hydrogens is 342 g/mol. The Labute approximate surface area is 160 Å². The van der Waals surface area contributed by atoms with Gasteiger partial charge in [-0.15, -0.1) is 0 Å². The molecule has 2 fully saturated rings. The molecule has 1 aromatic rings. The molecule has 0 amide bonds. The summed E-state index contributed by atoms with van der Waals surface area (Å²) in [6.45, 7) is 10.7. The van der Waals surface area contributed by atoms with E-state index in [9.17, 15) is 8.42 Å². The maximum atomic E-state index is 13.1. The first-order valence-corrected chi connectivity index (χ1v) is 12.0. The van der Waals surface area contributed by atoms with E-state index >= 15 is 0 Å². The monoisotopic (exact) mass is 377 g/mol. The Hall–Kier alpha value is -0.870. The fourth-order valence-corrected chi connectivity index (χ4v) is 7.34. The number of likely N-dealkylation sites (tertiary alicyclic amines) is 1. The molecular formula is C22H35NO2S. The van der Waals surface area contributed by atoms with Crippen molar-refractivity contribution in [2.24, 2.45) is 11.8 Å². The molecule has 1 aliphatic carbocycles. The van der Waals surface area contributed by atoms with Crippen molar-refractivity contribution in [3.63, 3.8) is 0 Å². The molecule has 26 heavy (non-hydrogen) atoms. The Kier molecular flexibility index (Phi) is 6.13. The van der Waals surface area contributed by atoms with Crippen LogP contribution in [0.5, 0.6) is 0 Å². The minimum Gasteiger partial charge on any atom is -0.300 e. The molecule has 0 bridgehead atoms. The number of nitrogens with zero attached hydrogens (tertiary/aromatic N) is 1. The van der Waals surface area contributed by atoms with Gasteiger partial charge < -0.3 is 4.90 Å². The third-order valence-electron chi connectivity index (χ3n) is 6.52. The zero-order chi connectivity index (χ0) is 18.9. The number of aryl methyl sites for hydroxylation is 3. The van der Waals surface area contributed by atoms with Crippen LogP contribution in [0.1, 0.15) is 62.1 Å². The van der Waals surface area contributed by atoms with Crippen molar-refractivity contribution in [3.05, 3.63) is 28.8 Å². The molecule has 1 saturated carbocycles. The van der Waals surface area contributed by atoms with E-state index in [1.54, 1.807) is 0 Å². The zero-order valence-corrected chi connectivity index (χ0v) is 17.7. The predicted molar refractivity (Wildman–Crippen MR) is 108 cm³/mol. The highest BCUT2D eigenvalue weighted by Crippen LogP contribution is 2.33. The van der Waals surface area contributed by atoms with E-state index in [0.717, 1.165) is 35.4 Å². The van der Waals surface area contributed by atoms with Gasteiger partial charge in [-0.1, -0.05) is 24.6 Å². The fourth-order valence-electron chi connectivity index (χ4n) is 5.12. The van der Waals surface area contributed by atoms with Crippen LogP contribution in [0.4, 0.5) is 0 Å². The van der Waals surface area contributed by atoms with Crippen molar-refractivity contribution in [1.29, 1.82) is 0 Å². The molecule has 1 saturated heterocycles. The van der Waals surface area contributed by atoms with E-state index in [1.807, 2.05) is 32.9 Å². The maximum Gasteiger partial charge on any atom is 0.179 e. The minimum atomic E-state index is -3.20. The second kappa shape index (κ2) is 8.02. The van der Waals surface area contributed by atoms with Crippen LogP contribution in [0.25, 0.3) is 0 Å². The van der Waals surface area contributed by atoms with Crippen LogP contribution in [0.15, 0.2) is 17.0 Å². The topological polar surface area (TPSA) is 37.4 Å². The summed E-state index contributed by atoms with van der Waals surface area (Å²) in [6, 6.07) is 4.67. The Morgan fingerprint density at radius 2 is 1.46 bits per heavy atom. The SMILES string of the molecule is Cc1cc(C)c(S(=O)(=O)CC2CCC(N3CCC(C)CC3)CC2)c(C)c1. The highest BCUT2D eigenvalue weighted by molar-refractivity contribution is 7.91. The third kappa shape index (κ3) is 4.51.